The normalized spacial score (nSPS) is 12.1. The van der Waals surface area contributed by atoms with Crippen LogP contribution in [0.4, 0.5) is 29.3 Å². The van der Waals surface area contributed by atoms with Crippen LogP contribution in [0.2, 0.25) is 0 Å². The van der Waals surface area contributed by atoms with E-state index in [1.807, 2.05) is 6.07 Å². The fourth-order valence-corrected chi connectivity index (χ4v) is 2.55. The molecular formula is C23H19F3N6O2. The Balaban J connectivity index is 1.51. The van der Waals surface area contributed by atoms with E-state index in [-0.39, 0.29) is 11.6 Å². The number of hydrogen-bond donors (Lipinski definition) is 3. The van der Waals surface area contributed by atoms with Gasteiger partial charge in [-0.05, 0) is 42.0 Å². The van der Waals surface area contributed by atoms with Crippen molar-refractivity contribution >= 4 is 35.8 Å². The summed E-state index contributed by atoms with van der Waals surface area (Å²) in [4.78, 5) is 19.8. The SMILES string of the molecule is NC(=NC=Nc1ccc(OC(F)(F)F)cc1)c1ccc(/C=N/NC(=O)Nc2ccccc2)cc1. The zero-order chi connectivity index (χ0) is 24.4. The van der Waals surface area contributed by atoms with Crippen LogP contribution >= 0.6 is 0 Å². The number of ether oxygens (including phenoxy) is 1. The van der Waals surface area contributed by atoms with Gasteiger partial charge in [0.05, 0.1) is 11.9 Å². The number of carbonyl (C=O) groups excluding carboxylic acids is 1. The predicted molar refractivity (Wildman–Crippen MR) is 125 cm³/mol. The predicted octanol–water partition coefficient (Wildman–Crippen LogP) is 4.81. The first-order valence-corrected chi connectivity index (χ1v) is 9.76. The molecule has 3 aromatic rings. The van der Waals surface area contributed by atoms with E-state index in [0.717, 1.165) is 12.1 Å². The maximum Gasteiger partial charge on any atom is 0.573 e. The molecule has 8 nitrogen and oxygen atoms in total. The first-order valence-electron chi connectivity index (χ1n) is 9.76. The second-order valence-electron chi connectivity index (χ2n) is 6.61. The highest BCUT2D eigenvalue weighted by molar-refractivity contribution is 6.01. The number of para-hydroxylation sites is 1. The van der Waals surface area contributed by atoms with E-state index in [0.29, 0.717) is 22.5 Å². The van der Waals surface area contributed by atoms with Crippen molar-refractivity contribution in [2.45, 2.75) is 6.36 Å². The standard InChI is InChI=1S/C23H19F3N6O2/c24-23(25,26)34-20-12-10-18(11-13-20)28-15-29-21(27)17-8-6-16(7-9-17)14-30-32-22(33)31-19-4-2-1-3-5-19/h1-15H,(H2,27,28,29)(H2,31,32,33)/b30-14+. The maximum absolute atomic E-state index is 12.2. The Morgan fingerprint density at radius 3 is 2.26 bits per heavy atom. The molecule has 0 aliphatic rings. The van der Waals surface area contributed by atoms with E-state index in [1.165, 1.54) is 24.7 Å². The molecule has 0 aliphatic heterocycles. The molecule has 174 valence electrons. The van der Waals surface area contributed by atoms with Crippen LogP contribution in [0.3, 0.4) is 0 Å². The van der Waals surface area contributed by atoms with Gasteiger partial charge in [0, 0.05) is 11.3 Å². The number of urea groups is 1. The molecular weight excluding hydrogens is 449 g/mol. The molecule has 11 heteroatoms. The van der Waals surface area contributed by atoms with Crippen molar-refractivity contribution in [2.24, 2.45) is 20.8 Å². The number of nitrogens with two attached hydrogens (primary N) is 1. The van der Waals surface area contributed by atoms with Gasteiger partial charge in [0.15, 0.2) is 0 Å². The number of nitrogens with one attached hydrogen (secondary N) is 2. The number of amidine groups is 1. The van der Waals surface area contributed by atoms with Crippen LogP contribution in [0.25, 0.3) is 0 Å². The number of benzene rings is 3. The summed E-state index contributed by atoms with van der Waals surface area (Å²) in [7, 11) is 0. The molecule has 34 heavy (non-hydrogen) atoms. The lowest BCUT2D eigenvalue weighted by Crippen LogP contribution is -2.24. The van der Waals surface area contributed by atoms with Crippen molar-refractivity contribution in [1.82, 2.24) is 5.43 Å². The van der Waals surface area contributed by atoms with E-state index in [4.69, 9.17) is 5.73 Å². The molecule has 2 amide bonds. The average molecular weight is 468 g/mol. The highest BCUT2D eigenvalue weighted by Crippen LogP contribution is 2.24. The Morgan fingerprint density at radius 1 is 0.941 bits per heavy atom. The van der Waals surface area contributed by atoms with Gasteiger partial charge < -0.3 is 15.8 Å². The van der Waals surface area contributed by atoms with Crippen molar-refractivity contribution in [2.75, 3.05) is 5.32 Å². The van der Waals surface area contributed by atoms with Gasteiger partial charge in [-0.3, -0.25) is 0 Å². The van der Waals surface area contributed by atoms with Gasteiger partial charge in [-0.15, -0.1) is 13.2 Å². The van der Waals surface area contributed by atoms with E-state index in [9.17, 15) is 18.0 Å². The second-order valence-corrected chi connectivity index (χ2v) is 6.61. The third-order valence-electron chi connectivity index (χ3n) is 4.09. The highest BCUT2D eigenvalue weighted by Gasteiger charge is 2.30. The Labute approximate surface area is 192 Å². The summed E-state index contributed by atoms with van der Waals surface area (Å²) >= 11 is 0. The lowest BCUT2D eigenvalue weighted by atomic mass is 10.1. The molecule has 0 unspecified atom stereocenters. The van der Waals surface area contributed by atoms with Crippen molar-refractivity contribution in [3.63, 3.8) is 0 Å². The van der Waals surface area contributed by atoms with Crippen LogP contribution in [0.5, 0.6) is 5.75 Å². The lowest BCUT2D eigenvalue weighted by molar-refractivity contribution is -0.274. The van der Waals surface area contributed by atoms with Gasteiger partial charge in [0.2, 0.25) is 0 Å². The lowest BCUT2D eigenvalue weighted by Gasteiger charge is -2.08. The van der Waals surface area contributed by atoms with E-state index >= 15 is 0 Å². The third-order valence-corrected chi connectivity index (χ3v) is 4.09. The highest BCUT2D eigenvalue weighted by atomic mass is 19.4. The van der Waals surface area contributed by atoms with Gasteiger partial charge in [-0.25, -0.2) is 20.2 Å². The minimum Gasteiger partial charge on any atom is -0.406 e. The molecule has 0 radical (unpaired) electrons. The van der Waals surface area contributed by atoms with Crippen LogP contribution in [0, 0.1) is 0 Å². The van der Waals surface area contributed by atoms with Crippen LogP contribution < -0.4 is 21.2 Å². The maximum atomic E-state index is 12.2. The molecule has 3 aromatic carbocycles. The molecule has 0 heterocycles. The second kappa shape index (κ2) is 11.3. The third kappa shape index (κ3) is 8.11. The van der Waals surface area contributed by atoms with Crippen molar-refractivity contribution in [1.29, 1.82) is 0 Å². The summed E-state index contributed by atoms with van der Waals surface area (Å²) < 4.78 is 40.3. The van der Waals surface area contributed by atoms with E-state index in [2.05, 4.69) is 30.6 Å². The molecule has 4 N–H and O–H groups in total. The number of halogens is 3. The van der Waals surface area contributed by atoms with Gasteiger partial charge in [0.1, 0.15) is 17.9 Å². The minimum atomic E-state index is -4.75. The van der Waals surface area contributed by atoms with Crippen LogP contribution in [0.15, 0.2) is 93.9 Å². The van der Waals surface area contributed by atoms with Crippen molar-refractivity contribution in [3.8, 4) is 5.75 Å². The van der Waals surface area contributed by atoms with Crippen molar-refractivity contribution in [3.05, 3.63) is 90.0 Å². The van der Waals surface area contributed by atoms with Gasteiger partial charge in [-0.1, -0.05) is 42.5 Å². The first-order chi connectivity index (χ1) is 16.3. The summed E-state index contributed by atoms with van der Waals surface area (Å²) in [5.41, 5.74) is 10.6. The molecule has 3 rings (SSSR count). The summed E-state index contributed by atoms with van der Waals surface area (Å²) in [6, 6.07) is 20.4. The molecule has 0 spiro atoms. The summed E-state index contributed by atoms with van der Waals surface area (Å²) in [6.45, 7) is 0. The zero-order valence-electron chi connectivity index (χ0n) is 17.5. The Kier molecular flexibility index (Phi) is 7.95. The summed E-state index contributed by atoms with van der Waals surface area (Å²) in [5.74, 6) is -0.158. The molecule has 0 aromatic heterocycles. The van der Waals surface area contributed by atoms with Gasteiger partial charge in [-0.2, -0.15) is 5.10 Å². The number of hydrazone groups is 1. The number of hydrogen-bond acceptors (Lipinski definition) is 4. The Hall–Kier alpha value is -4.67. The Morgan fingerprint density at radius 2 is 1.62 bits per heavy atom. The first kappa shape index (κ1) is 24.0. The molecule has 0 fully saturated rings. The van der Waals surface area contributed by atoms with E-state index in [1.54, 1.807) is 48.5 Å². The summed E-state index contributed by atoms with van der Waals surface area (Å²) in [6.07, 6.45) is -2.09. The number of rotatable bonds is 7. The number of alkyl halides is 3. The minimum absolute atomic E-state index is 0.185. The average Bonchev–Trinajstić information content (AvgIpc) is 2.80. The van der Waals surface area contributed by atoms with Crippen LogP contribution in [0.1, 0.15) is 11.1 Å². The largest absolute Gasteiger partial charge is 0.573 e. The van der Waals surface area contributed by atoms with Gasteiger partial charge in [0.25, 0.3) is 0 Å². The molecule has 0 saturated carbocycles. The molecule has 0 saturated heterocycles. The Bertz CT molecular complexity index is 1180. The number of amides is 2. The number of anilines is 1. The quantitative estimate of drug-likeness (QED) is 0.263. The smallest absolute Gasteiger partial charge is 0.406 e. The van der Waals surface area contributed by atoms with Crippen LogP contribution in [-0.4, -0.2) is 30.8 Å². The molecule has 0 aliphatic carbocycles. The molecule has 0 bridgehead atoms. The summed E-state index contributed by atoms with van der Waals surface area (Å²) in [5, 5.41) is 6.52. The van der Waals surface area contributed by atoms with Crippen molar-refractivity contribution < 1.29 is 22.7 Å². The fraction of sp³-hybridized carbons (Fsp3) is 0.0435. The monoisotopic (exact) mass is 468 g/mol. The van der Waals surface area contributed by atoms with E-state index < -0.39 is 12.4 Å². The number of nitrogens with zero attached hydrogens (tertiary/aromatic N) is 3. The van der Waals surface area contributed by atoms with Crippen LogP contribution in [-0.2, 0) is 0 Å². The topological polar surface area (TPSA) is 113 Å². The number of aliphatic imine (C=N–C) groups is 2. The fourth-order valence-electron chi connectivity index (χ4n) is 2.55. The zero-order valence-corrected chi connectivity index (χ0v) is 17.5. The molecule has 0 atom stereocenters. The van der Waals surface area contributed by atoms with Gasteiger partial charge >= 0.3 is 12.4 Å². The number of carbonyl (C=O) groups is 1.